The van der Waals surface area contributed by atoms with E-state index in [0.717, 1.165) is 23.4 Å². The number of hydrogen-bond acceptors (Lipinski definition) is 4. The van der Waals surface area contributed by atoms with Crippen molar-refractivity contribution in [2.75, 3.05) is 0 Å². The van der Waals surface area contributed by atoms with Crippen LogP contribution < -0.4 is 11.3 Å². The molecular weight excluding hydrogens is 234 g/mol. The number of carbonyl (C=O) groups is 1. The minimum atomic E-state index is -0.748. The number of H-pyrrole nitrogens is 1. The Morgan fingerprint density at radius 2 is 2.28 bits per heavy atom. The lowest BCUT2D eigenvalue weighted by Gasteiger charge is -2.14. The third-order valence-electron chi connectivity index (χ3n) is 3.24. The fourth-order valence-electron chi connectivity index (χ4n) is 2.30. The molecule has 0 bridgehead atoms. The van der Waals surface area contributed by atoms with Crippen molar-refractivity contribution >= 4 is 5.91 Å². The van der Waals surface area contributed by atoms with Gasteiger partial charge in [-0.05, 0) is 25.8 Å². The Hall–Kier alpha value is -2.37. The van der Waals surface area contributed by atoms with Gasteiger partial charge in [0, 0.05) is 16.8 Å². The predicted molar refractivity (Wildman–Crippen MR) is 63.2 cm³/mol. The smallest absolute Gasteiger partial charge is 0.261 e. The van der Waals surface area contributed by atoms with Gasteiger partial charge in [-0.15, -0.1) is 0 Å². The molecule has 2 aromatic heterocycles. The van der Waals surface area contributed by atoms with Crippen molar-refractivity contribution in [1.82, 2.24) is 10.1 Å². The van der Waals surface area contributed by atoms with Gasteiger partial charge in [0.15, 0.2) is 5.76 Å². The van der Waals surface area contributed by atoms with Crippen molar-refractivity contribution in [3.63, 3.8) is 0 Å². The lowest BCUT2D eigenvalue weighted by Crippen LogP contribution is -2.25. The number of primary amides is 1. The van der Waals surface area contributed by atoms with Crippen molar-refractivity contribution in [3.05, 3.63) is 38.9 Å². The van der Waals surface area contributed by atoms with Gasteiger partial charge >= 0.3 is 0 Å². The first kappa shape index (κ1) is 10.8. The second-order valence-corrected chi connectivity index (χ2v) is 4.34. The van der Waals surface area contributed by atoms with Gasteiger partial charge in [-0.25, -0.2) is 0 Å². The highest BCUT2D eigenvalue weighted by Crippen LogP contribution is 2.33. The van der Waals surface area contributed by atoms with Gasteiger partial charge in [0.05, 0.1) is 5.69 Å². The topological polar surface area (TPSA) is 102 Å². The first-order chi connectivity index (χ1) is 8.58. The normalized spacial score (nSPS) is 12.9. The second kappa shape index (κ2) is 3.56. The lowest BCUT2D eigenvalue weighted by atomic mass is 9.92. The van der Waals surface area contributed by atoms with E-state index in [1.54, 1.807) is 0 Å². The van der Waals surface area contributed by atoms with Crippen LogP contribution in [0.3, 0.4) is 0 Å². The predicted octanol–water partition coefficient (Wildman–Crippen LogP) is 0.536. The van der Waals surface area contributed by atoms with Gasteiger partial charge in [-0.1, -0.05) is 5.16 Å². The Morgan fingerprint density at radius 1 is 1.50 bits per heavy atom. The van der Waals surface area contributed by atoms with E-state index < -0.39 is 11.5 Å². The molecule has 3 rings (SSSR count). The molecule has 0 aliphatic heterocycles. The molecule has 2 aromatic rings. The average Bonchev–Trinajstić information content (AvgIpc) is 2.70. The lowest BCUT2D eigenvalue weighted by molar-refractivity contribution is 0.0999. The number of nitrogens with zero attached hydrogens (tertiary/aromatic N) is 1. The molecule has 0 unspecified atom stereocenters. The van der Waals surface area contributed by atoms with E-state index in [2.05, 4.69) is 10.1 Å². The summed E-state index contributed by atoms with van der Waals surface area (Å²) in [5.74, 6) is -0.130. The number of aromatic amines is 1. The van der Waals surface area contributed by atoms with Crippen LogP contribution in [0.15, 0.2) is 15.4 Å². The molecule has 0 saturated heterocycles. The van der Waals surface area contributed by atoms with E-state index in [9.17, 15) is 9.59 Å². The quantitative estimate of drug-likeness (QED) is 0.765. The van der Waals surface area contributed by atoms with Crippen LogP contribution >= 0.6 is 0 Å². The summed E-state index contributed by atoms with van der Waals surface area (Å²) in [4.78, 5) is 25.5. The average molecular weight is 245 g/mol. The second-order valence-electron chi connectivity index (χ2n) is 4.34. The summed E-state index contributed by atoms with van der Waals surface area (Å²) in [7, 11) is 0. The zero-order chi connectivity index (χ0) is 12.9. The minimum Gasteiger partial charge on any atom is -0.365 e. The van der Waals surface area contributed by atoms with E-state index in [1.165, 1.54) is 6.07 Å². The number of hydrogen-bond donors (Lipinski definition) is 2. The van der Waals surface area contributed by atoms with E-state index in [4.69, 9.17) is 10.3 Å². The van der Waals surface area contributed by atoms with Gasteiger partial charge in [0.2, 0.25) is 0 Å². The highest BCUT2D eigenvalue weighted by Gasteiger charge is 2.25. The maximum absolute atomic E-state index is 11.6. The molecule has 1 aliphatic rings. The fraction of sp³-hybridized carbons (Fsp3) is 0.250. The maximum Gasteiger partial charge on any atom is 0.261 e. The minimum absolute atomic E-state index is 0.0596. The Kier molecular flexibility index (Phi) is 2.13. The van der Waals surface area contributed by atoms with Crippen LogP contribution in [0.1, 0.15) is 27.3 Å². The molecule has 18 heavy (non-hydrogen) atoms. The molecular formula is C12H11N3O3. The highest BCUT2D eigenvalue weighted by atomic mass is 16.5. The standard InChI is InChI=1S/C12H11N3O3/c1-5-6-2-3-9-7(10(6)18-15-5)4-8(11(13)16)12(17)14-9/h4H,2-3H2,1H3,(H2,13,16)(H,14,17). The monoisotopic (exact) mass is 245 g/mol. The van der Waals surface area contributed by atoms with Crippen molar-refractivity contribution < 1.29 is 9.32 Å². The molecule has 0 atom stereocenters. The van der Waals surface area contributed by atoms with Gasteiger partial charge in [-0.2, -0.15) is 0 Å². The number of aryl methyl sites for hydroxylation is 2. The van der Waals surface area contributed by atoms with Gasteiger partial charge in [0.1, 0.15) is 5.56 Å². The van der Waals surface area contributed by atoms with Crippen molar-refractivity contribution in [1.29, 1.82) is 0 Å². The molecule has 6 nitrogen and oxygen atoms in total. The number of nitrogens with one attached hydrogen (secondary N) is 1. The van der Waals surface area contributed by atoms with Crippen molar-refractivity contribution in [2.45, 2.75) is 19.8 Å². The fourth-order valence-corrected chi connectivity index (χ4v) is 2.30. The first-order valence-corrected chi connectivity index (χ1v) is 5.59. The Bertz CT molecular complexity index is 712. The SMILES string of the molecule is Cc1noc2c1CCc1[nH]c(=O)c(C(N)=O)cc1-2. The number of aromatic nitrogens is 2. The molecule has 3 N–H and O–H groups in total. The molecule has 0 saturated carbocycles. The molecule has 0 aromatic carbocycles. The largest absolute Gasteiger partial charge is 0.365 e. The van der Waals surface area contributed by atoms with Crippen LogP contribution in [0.4, 0.5) is 0 Å². The summed E-state index contributed by atoms with van der Waals surface area (Å²) < 4.78 is 5.26. The number of nitrogens with two attached hydrogens (primary N) is 1. The van der Waals surface area contributed by atoms with E-state index in [1.807, 2.05) is 6.92 Å². The van der Waals surface area contributed by atoms with Gasteiger partial charge in [-0.3, -0.25) is 9.59 Å². The summed E-state index contributed by atoms with van der Waals surface area (Å²) in [6.45, 7) is 1.87. The van der Waals surface area contributed by atoms with Crippen LogP contribution in [0.2, 0.25) is 0 Å². The summed E-state index contributed by atoms with van der Waals surface area (Å²) in [5.41, 5.74) is 7.96. The van der Waals surface area contributed by atoms with E-state index in [-0.39, 0.29) is 5.56 Å². The van der Waals surface area contributed by atoms with Crippen LogP contribution in [0.5, 0.6) is 0 Å². The first-order valence-electron chi connectivity index (χ1n) is 5.59. The summed E-state index contributed by atoms with van der Waals surface area (Å²) in [6.07, 6.45) is 1.46. The van der Waals surface area contributed by atoms with Gasteiger partial charge < -0.3 is 15.2 Å². The van der Waals surface area contributed by atoms with Crippen LogP contribution in [-0.2, 0) is 12.8 Å². The molecule has 1 aliphatic carbocycles. The molecule has 6 heteroatoms. The number of fused-ring (bicyclic) bond motifs is 3. The third kappa shape index (κ3) is 1.38. The third-order valence-corrected chi connectivity index (χ3v) is 3.24. The zero-order valence-electron chi connectivity index (χ0n) is 9.74. The molecule has 1 amide bonds. The van der Waals surface area contributed by atoms with Gasteiger partial charge in [0.25, 0.3) is 11.5 Å². The Labute approximate surface area is 102 Å². The Balaban J connectivity index is 2.30. The molecule has 0 spiro atoms. The van der Waals surface area contributed by atoms with E-state index >= 15 is 0 Å². The van der Waals surface area contributed by atoms with Crippen molar-refractivity contribution in [2.24, 2.45) is 5.73 Å². The summed E-state index contributed by atoms with van der Waals surface area (Å²) >= 11 is 0. The molecule has 0 radical (unpaired) electrons. The van der Waals surface area contributed by atoms with Crippen molar-refractivity contribution in [3.8, 4) is 11.3 Å². The number of pyridine rings is 1. The summed E-state index contributed by atoms with van der Waals surface area (Å²) in [5, 5.41) is 3.91. The Morgan fingerprint density at radius 3 is 3.00 bits per heavy atom. The highest BCUT2D eigenvalue weighted by molar-refractivity contribution is 5.93. The van der Waals surface area contributed by atoms with Crippen LogP contribution in [-0.4, -0.2) is 16.0 Å². The zero-order valence-corrected chi connectivity index (χ0v) is 9.74. The summed E-state index contributed by atoms with van der Waals surface area (Å²) in [6, 6.07) is 1.49. The molecule has 2 heterocycles. The molecule has 92 valence electrons. The van der Waals surface area contributed by atoms with Crippen LogP contribution in [0, 0.1) is 6.92 Å². The number of rotatable bonds is 1. The van der Waals surface area contributed by atoms with E-state index in [0.29, 0.717) is 17.7 Å². The number of amides is 1. The van der Waals surface area contributed by atoms with Crippen LogP contribution in [0.25, 0.3) is 11.3 Å². The molecule has 0 fully saturated rings. The maximum atomic E-state index is 11.6. The number of carbonyl (C=O) groups excluding carboxylic acids is 1.